The smallest absolute Gasteiger partial charge is 0.245 e. The molecular weight excluding hydrogens is 372 g/mol. The average Bonchev–Trinajstić information content (AvgIpc) is 2.73. The Labute approximate surface area is 172 Å². The van der Waals surface area contributed by atoms with Crippen LogP contribution >= 0.6 is 0 Å². The summed E-state index contributed by atoms with van der Waals surface area (Å²) in [5.41, 5.74) is 0.898. The molecule has 3 amide bonds. The maximum Gasteiger partial charge on any atom is 0.245 e. The summed E-state index contributed by atoms with van der Waals surface area (Å²) in [7, 11) is 3.19. The Bertz CT molecular complexity index is 692. The molecule has 1 aromatic rings. The predicted octanol–water partition coefficient (Wildman–Crippen LogP) is 0.459. The number of amides is 3. The second kappa shape index (κ2) is 11.4. The number of benzene rings is 1. The zero-order valence-corrected chi connectivity index (χ0v) is 17.5. The molecule has 160 valence electrons. The Morgan fingerprint density at radius 1 is 1.07 bits per heavy atom. The molecule has 0 spiro atoms. The Kier molecular flexibility index (Phi) is 8.92. The van der Waals surface area contributed by atoms with Gasteiger partial charge in [0, 0.05) is 26.4 Å². The van der Waals surface area contributed by atoms with Gasteiger partial charge in [0.2, 0.25) is 17.7 Å². The molecule has 0 aromatic heterocycles. The summed E-state index contributed by atoms with van der Waals surface area (Å²) in [5, 5.41) is 8.98. The highest BCUT2D eigenvalue weighted by Gasteiger charge is 2.29. The van der Waals surface area contributed by atoms with Crippen molar-refractivity contribution in [1.82, 2.24) is 20.9 Å². The number of likely N-dealkylation sites (N-methyl/N-ethyl adjacent to an activating group) is 1. The molecule has 1 saturated heterocycles. The van der Waals surface area contributed by atoms with Gasteiger partial charge >= 0.3 is 0 Å². The lowest BCUT2D eigenvalue weighted by Crippen LogP contribution is -2.54. The standard InChI is InChI=1S/C21H32N4O4/c1-15-20(27)23-13-5-12-22-11-4-6-19(26)24-18(21(28)25(15)2)14-16-7-9-17(29-3)10-8-16/h7-10,15,18,22H,4-6,11-14H2,1-3H3,(H,23,27)(H,24,26)/t15-,18-/m0/s1. The summed E-state index contributed by atoms with van der Waals surface area (Å²) in [4.78, 5) is 39.3. The van der Waals surface area contributed by atoms with Gasteiger partial charge in [-0.25, -0.2) is 0 Å². The normalized spacial score (nSPS) is 22.9. The summed E-state index contributed by atoms with van der Waals surface area (Å²) in [6.07, 6.45) is 2.16. The van der Waals surface area contributed by atoms with Crippen molar-refractivity contribution in [2.45, 2.75) is 44.7 Å². The fraction of sp³-hybridized carbons (Fsp3) is 0.571. The van der Waals surface area contributed by atoms with Crippen LogP contribution in [0.5, 0.6) is 5.75 Å². The zero-order chi connectivity index (χ0) is 21.2. The number of nitrogens with zero attached hydrogens (tertiary/aromatic N) is 1. The zero-order valence-electron chi connectivity index (χ0n) is 17.5. The molecule has 1 fully saturated rings. The van der Waals surface area contributed by atoms with Crippen LogP contribution in [0.1, 0.15) is 31.7 Å². The molecule has 8 heteroatoms. The molecule has 1 aliphatic heterocycles. The second-order valence-corrected chi connectivity index (χ2v) is 7.30. The van der Waals surface area contributed by atoms with Crippen LogP contribution in [-0.4, -0.2) is 68.5 Å². The number of hydrogen-bond donors (Lipinski definition) is 3. The largest absolute Gasteiger partial charge is 0.497 e. The maximum atomic E-state index is 13.1. The van der Waals surface area contributed by atoms with Crippen molar-refractivity contribution >= 4 is 17.7 Å². The first-order valence-electron chi connectivity index (χ1n) is 10.1. The molecule has 0 saturated carbocycles. The SMILES string of the molecule is COc1ccc(C[C@@H]2NC(=O)CCCNCCCNC(=O)[C@H](C)N(C)C2=O)cc1. The van der Waals surface area contributed by atoms with Gasteiger partial charge < -0.3 is 25.6 Å². The van der Waals surface area contributed by atoms with E-state index in [1.54, 1.807) is 21.1 Å². The van der Waals surface area contributed by atoms with E-state index < -0.39 is 12.1 Å². The quantitative estimate of drug-likeness (QED) is 0.680. The first-order valence-corrected chi connectivity index (χ1v) is 10.1. The van der Waals surface area contributed by atoms with Gasteiger partial charge in [0.25, 0.3) is 0 Å². The van der Waals surface area contributed by atoms with Crippen molar-refractivity contribution in [1.29, 1.82) is 0 Å². The van der Waals surface area contributed by atoms with Crippen LogP contribution in [0.4, 0.5) is 0 Å². The minimum Gasteiger partial charge on any atom is -0.497 e. The first kappa shape index (κ1) is 22.7. The van der Waals surface area contributed by atoms with Crippen molar-refractivity contribution in [3.8, 4) is 5.75 Å². The van der Waals surface area contributed by atoms with Crippen molar-refractivity contribution in [2.24, 2.45) is 0 Å². The van der Waals surface area contributed by atoms with Crippen molar-refractivity contribution < 1.29 is 19.1 Å². The van der Waals surface area contributed by atoms with E-state index in [2.05, 4.69) is 16.0 Å². The molecule has 1 aromatic carbocycles. The number of methoxy groups -OCH3 is 1. The number of hydrogen-bond acceptors (Lipinski definition) is 5. The third kappa shape index (κ3) is 7.05. The Hall–Kier alpha value is -2.61. The molecule has 29 heavy (non-hydrogen) atoms. The fourth-order valence-electron chi connectivity index (χ4n) is 3.15. The summed E-state index contributed by atoms with van der Waals surface area (Å²) in [6.45, 7) is 3.72. The van der Waals surface area contributed by atoms with Crippen LogP contribution in [0, 0.1) is 0 Å². The van der Waals surface area contributed by atoms with Gasteiger partial charge in [-0.2, -0.15) is 0 Å². The number of nitrogens with one attached hydrogen (secondary N) is 3. The number of carbonyl (C=O) groups excluding carboxylic acids is 3. The van der Waals surface area contributed by atoms with Crippen molar-refractivity contribution in [2.75, 3.05) is 33.8 Å². The van der Waals surface area contributed by atoms with E-state index in [9.17, 15) is 14.4 Å². The third-order valence-electron chi connectivity index (χ3n) is 5.13. The Balaban J connectivity index is 2.18. The van der Waals surface area contributed by atoms with Gasteiger partial charge in [-0.05, 0) is 50.6 Å². The minimum absolute atomic E-state index is 0.168. The van der Waals surface area contributed by atoms with Gasteiger partial charge in [0.15, 0.2) is 0 Å². The van der Waals surface area contributed by atoms with Crippen molar-refractivity contribution in [3.63, 3.8) is 0 Å². The number of carbonyl (C=O) groups is 3. The highest BCUT2D eigenvalue weighted by Crippen LogP contribution is 2.14. The van der Waals surface area contributed by atoms with Gasteiger partial charge in [-0.1, -0.05) is 12.1 Å². The average molecular weight is 405 g/mol. The minimum atomic E-state index is -0.741. The predicted molar refractivity (Wildman–Crippen MR) is 111 cm³/mol. The molecule has 2 atom stereocenters. The topological polar surface area (TPSA) is 99.8 Å². The second-order valence-electron chi connectivity index (χ2n) is 7.30. The monoisotopic (exact) mass is 404 g/mol. The van der Waals surface area contributed by atoms with E-state index in [4.69, 9.17) is 4.74 Å². The van der Waals surface area contributed by atoms with E-state index in [1.807, 2.05) is 24.3 Å². The van der Waals surface area contributed by atoms with E-state index in [0.29, 0.717) is 25.8 Å². The Morgan fingerprint density at radius 3 is 2.45 bits per heavy atom. The van der Waals surface area contributed by atoms with Crippen molar-refractivity contribution in [3.05, 3.63) is 29.8 Å². The highest BCUT2D eigenvalue weighted by atomic mass is 16.5. The van der Waals surface area contributed by atoms with Gasteiger partial charge in [-0.3, -0.25) is 14.4 Å². The number of rotatable bonds is 3. The molecule has 0 unspecified atom stereocenters. The Morgan fingerprint density at radius 2 is 1.76 bits per heavy atom. The molecule has 2 rings (SSSR count). The van der Waals surface area contributed by atoms with Crippen LogP contribution in [0.3, 0.4) is 0 Å². The molecule has 0 aliphatic carbocycles. The van der Waals surface area contributed by atoms with Crippen LogP contribution in [0.15, 0.2) is 24.3 Å². The van der Waals surface area contributed by atoms with E-state index in [-0.39, 0.29) is 17.7 Å². The van der Waals surface area contributed by atoms with E-state index in [0.717, 1.165) is 30.8 Å². The third-order valence-corrected chi connectivity index (χ3v) is 5.13. The van der Waals surface area contributed by atoms with Gasteiger partial charge in [0.1, 0.15) is 17.8 Å². The summed E-state index contributed by atoms with van der Waals surface area (Å²) in [6, 6.07) is 6.01. The molecule has 1 aliphatic rings. The lowest BCUT2D eigenvalue weighted by Gasteiger charge is -2.29. The highest BCUT2D eigenvalue weighted by molar-refractivity contribution is 5.92. The summed E-state index contributed by atoms with van der Waals surface area (Å²) >= 11 is 0. The lowest BCUT2D eigenvalue weighted by atomic mass is 10.0. The number of ether oxygens (including phenoxy) is 1. The summed E-state index contributed by atoms with van der Waals surface area (Å²) in [5.74, 6) is 0.0650. The molecular formula is C21H32N4O4. The molecule has 0 radical (unpaired) electrons. The maximum absolute atomic E-state index is 13.1. The van der Waals surface area contributed by atoms with Gasteiger partial charge in [0.05, 0.1) is 7.11 Å². The molecule has 1 heterocycles. The van der Waals surface area contributed by atoms with Crippen LogP contribution in [0.25, 0.3) is 0 Å². The molecule has 3 N–H and O–H groups in total. The van der Waals surface area contributed by atoms with E-state index in [1.165, 1.54) is 4.90 Å². The van der Waals surface area contributed by atoms with Gasteiger partial charge in [-0.15, -0.1) is 0 Å². The van der Waals surface area contributed by atoms with Crippen LogP contribution in [0.2, 0.25) is 0 Å². The van der Waals surface area contributed by atoms with E-state index >= 15 is 0 Å². The lowest BCUT2D eigenvalue weighted by molar-refractivity contribution is -0.141. The summed E-state index contributed by atoms with van der Waals surface area (Å²) < 4.78 is 5.17. The van der Waals surface area contributed by atoms with Crippen LogP contribution in [-0.2, 0) is 20.8 Å². The molecule has 8 nitrogen and oxygen atoms in total. The molecule has 0 bridgehead atoms. The fourth-order valence-corrected chi connectivity index (χ4v) is 3.15. The van der Waals surface area contributed by atoms with Crippen LogP contribution < -0.4 is 20.7 Å². The first-order chi connectivity index (χ1) is 13.9.